The summed E-state index contributed by atoms with van der Waals surface area (Å²) in [5.74, 6) is 0. The van der Waals surface area contributed by atoms with E-state index in [0.29, 0.717) is 0 Å². The van der Waals surface area contributed by atoms with Crippen LogP contribution in [-0.4, -0.2) is 37.7 Å². The van der Waals surface area contributed by atoms with E-state index in [4.69, 9.17) is 0 Å². The second kappa shape index (κ2) is 16.9. The van der Waals surface area contributed by atoms with E-state index in [2.05, 4.69) is 0 Å². The zero-order chi connectivity index (χ0) is 0. The molecule has 0 aliphatic carbocycles. The van der Waals surface area contributed by atoms with Crippen LogP contribution in [0.25, 0.3) is 0 Å². The Morgan fingerprint density at radius 1 is 1.25 bits per heavy atom. The van der Waals surface area contributed by atoms with Crippen LogP contribution in [0.5, 0.6) is 0 Å². The first-order valence-electron chi connectivity index (χ1n) is 0. The van der Waals surface area contributed by atoms with Crippen LogP contribution >= 0.6 is 0 Å². The maximum absolute atomic E-state index is 0. The fourth-order valence-corrected chi connectivity index (χ4v) is 0. The minimum Gasteiger partial charge on any atom is -1.00 e. The van der Waals surface area contributed by atoms with Crippen molar-refractivity contribution in [2.24, 2.45) is 0 Å². The topological polar surface area (TPSA) is 0 Å². The predicted octanol–water partition coefficient (Wildman–Crippen LogP) is -3.04. The molecule has 0 aliphatic heterocycles. The maximum atomic E-state index is 0. The fourth-order valence-electron chi connectivity index (χ4n) is 0. The average molecular weight is 164 g/mol. The number of rotatable bonds is 0. The Bertz CT molecular complexity index is 14.9. The molecule has 0 aromatic carbocycles. The van der Waals surface area contributed by atoms with E-state index in [1.807, 2.05) is 0 Å². The molecule has 0 amide bonds. The summed E-state index contributed by atoms with van der Waals surface area (Å²) >= 11 is 0. The summed E-state index contributed by atoms with van der Waals surface area (Å²) in [6.07, 6.45) is 0. The summed E-state index contributed by atoms with van der Waals surface area (Å²) in [4.78, 5) is 0. The molecule has 0 aromatic heterocycles. The smallest absolute Gasteiger partial charge is 1.00 e. The quantitative estimate of drug-likeness (QED) is 0.333. The van der Waals surface area contributed by atoms with Crippen LogP contribution in [0, 0.1) is 0 Å². The third-order valence-electron chi connectivity index (χ3n) is 0. The second-order valence-corrected chi connectivity index (χ2v) is 0. The summed E-state index contributed by atoms with van der Waals surface area (Å²) in [6, 6.07) is 0. The van der Waals surface area contributed by atoms with Gasteiger partial charge in [-0.1, -0.05) is 0 Å². The van der Waals surface area contributed by atoms with Gasteiger partial charge in [0.05, 0.1) is 0 Å². The molecule has 23 valence electrons. The van der Waals surface area contributed by atoms with Crippen LogP contribution in [-0.2, 0) is 33.6 Å². The van der Waals surface area contributed by atoms with Crippen molar-refractivity contribution in [3.05, 3.63) is 0 Å². The zero-order valence-corrected chi connectivity index (χ0v) is 6.78. The number of hydrogen-bond donors (Lipinski definition) is 0. The monoisotopic (exact) mass is 163 g/mol. The number of hydrogen-bond acceptors (Lipinski definition) is 0. The molecule has 0 fully saturated rings. The normalized spacial score (nSPS) is 0. The molecule has 1 radical (unpaired) electrons. The van der Waals surface area contributed by atoms with Crippen LogP contribution in [0.15, 0.2) is 0 Å². The summed E-state index contributed by atoms with van der Waals surface area (Å²) in [5, 5.41) is 0. The molecule has 4 heteroatoms. The van der Waals surface area contributed by atoms with Crippen LogP contribution in [0.1, 0.15) is 4.28 Å². The van der Waals surface area contributed by atoms with Crippen molar-refractivity contribution < 1.29 is 56.7 Å². The Balaban J connectivity index is 0. The van der Waals surface area contributed by atoms with E-state index in [0.717, 1.165) is 0 Å². The summed E-state index contributed by atoms with van der Waals surface area (Å²) < 4.78 is 0. The largest absolute Gasteiger partial charge is 2.00 e. The molecule has 0 rings (SSSR count). The fraction of sp³-hybridized carbons (Fsp3) is 0. The van der Waals surface area contributed by atoms with Crippen molar-refractivity contribution >= 4 is 37.7 Å². The molecule has 0 aromatic rings. The molecule has 0 saturated heterocycles. The Morgan fingerprint density at radius 2 is 1.25 bits per heavy atom. The van der Waals surface area contributed by atoms with Gasteiger partial charge in [0.1, 0.15) is 0 Å². The first kappa shape index (κ1) is 28.7. The van der Waals surface area contributed by atoms with Crippen LogP contribution < -0.4 is 18.9 Å². The van der Waals surface area contributed by atoms with Gasteiger partial charge in [-0.3, -0.25) is 0 Å². The predicted molar refractivity (Wildman–Crippen MR) is 9.09 cm³/mol. The third kappa shape index (κ3) is 8.85. The van der Waals surface area contributed by atoms with Gasteiger partial charge >= 0.3 is 56.6 Å². The Morgan fingerprint density at radius 3 is 1.25 bits per heavy atom. The zero-order valence-electron chi connectivity index (χ0n) is 5.40. The maximum Gasteiger partial charge on any atom is 2.00 e. The van der Waals surface area contributed by atoms with Crippen LogP contribution in [0.3, 0.4) is 0 Å². The second-order valence-electron chi connectivity index (χ2n) is 0. The first-order valence-corrected chi connectivity index (χ1v) is 0. The Labute approximate surface area is 92.9 Å². The molecule has 0 nitrogen and oxygen atoms in total. The minimum absolute atomic E-state index is 0. The third-order valence-corrected chi connectivity index (χ3v) is 0. The standard InChI is InChI=1S/Ca.Li.Mn.Ni.3H/q+2;+1;;;3*-1. The van der Waals surface area contributed by atoms with Crippen molar-refractivity contribution in [3.63, 3.8) is 0 Å². The molecule has 0 saturated carbocycles. The van der Waals surface area contributed by atoms with Crippen molar-refractivity contribution in [1.29, 1.82) is 0 Å². The van der Waals surface area contributed by atoms with Gasteiger partial charge in [-0.05, 0) is 0 Å². The van der Waals surface area contributed by atoms with Gasteiger partial charge in [-0.2, -0.15) is 0 Å². The molecule has 0 heterocycles. The van der Waals surface area contributed by atoms with E-state index >= 15 is 0 Å². The van der Waals surface area contributed by atoms with Crippen molar-refractivity contribution in [2.75, 3.05) is 0 Å². The van der Waals surface area contributed by atoms with Crippen LogP contribution in [0.2, 0.25) is 0 Å². The molecular weight excluding hydrogens is 161 g/mol. The van der Waals surface area contributed by atoms with Gasteiger partial charge in [0, 0.05) is 33.6 Å². The van der Waals surface area contributed by atoms with Crippen LogP contribution in [0.4, 0.5) is 0 Å². The summed E-state index contributed by atoms with van der Waals surface area (Å²) in [6.45, 7) is 0. The molecule has 0 N–H and O–H groups in total. The van der Waals surface area contributed by atoms with Gasteiger partial charge in [-0.15, -0.1) is 0 Å². The minimum atomic E-state index is 0. The van der Waals surface area contributed by atoms with E-state index < -0.39 is 0 Å². The SMILES string of the molecule is [Ca+2].[H-].[H-].[H-].[Li+].[Mn].[Ni]. The molecular formula is H3CaLiMnNi. The Kier molecular flexibility index (Phi) is 121. The van der Waals surface area contributed by atoms with E-state index in [1.54, 1.807) is 0 Å². The van der Waals surface area contributed by atoms with Gasteiger partial charge in [-0.25, -0.2) is 0 Å². The summed E-state index contributed by atoms with van der Waals surface area (Å²) in [5.41, 5.74) is 0. The van der Waals surface area contributed by atoms with Crippen molar-refractivity contribution in [2.45, 2.75) is 0 Å². The summed E-state index contributed by atoms with van der Waals surface area (Å²) in [7, 11) is 0. The Hall–Kier alpha value is 2.87. The first-order chi connectivity index (χ1) is 0. The molecule has 4 heavy (non-hydrogen) atoms. The molecule has 0 atom stereocenters. The average Bonchev–Trinajstić information content (AvgIpc) is 0. The molecule has 0 aliphatic rings. The molecule has 0 bridgehead atoms. The van der Waals surface area contributed by atoms with Crippen molar-refractivity contribution in [3.8, 4) is 0 Å². The van der Waals surface area contributed by atoms with E-state index in [-0.39, 0.29) is 94.4 Å². The van der Waals surface area contributed by atoms with Gasteiger partial charge in [0.2, 0.25) is 0 Å². The van der Waals surface area contributed by atoms with Crippen molar-refractivity contribution in [1.82, 2.24) is 0 Å². The molecule has 0 spiro atoms. The van der Waals surface area contributed by atoms with Gasteiger partial charge in [0.25, 0.3) is 0 Å². The molecule has 0 unspecified atom stereocenters. The van der Waals surface area contributed by atoms with E-state index in [1.165, 1.54) is 0 Å². The van der Waals surface area contributed by atoms with Gasteiger partial charge in [0.15, 0.2) is 0 Å². The van der Waals surface area contributed by atoms with E-state index in [9.17, 15) is 0 Å². The van der Waals surface area contributed by atoms with Gasteiger partial charge < -0.3 is 4.28 Å².